The zero-order valence-corrected chi connectivity index (χ0v) is 12.3. The number of hydrogen-bond acceptors (Lipinski definition) is 4. The van der Waals surface area contributed by atoms with E-state index in [1.807, 2.05) is 36.4 Å². The molecule has 0 N–H and O–H groups in total. The van der Waals surface area contributed by atoms with Gasteiger partial charge in [0.25, 0.3) is 0 Å². The Labute approximate surface area is 127 Å². The molecule has 4 nitrogen and oxygen atoms in total. The minimum atomic E-state index is 0.606. The van der Waals surface area contributed by atoms with Gasteiger partial charge in [0, 0.05) is 12.1 Å². The van der Waals surface area contributed by atoms with E-state index < -0.39 is 0 Å². The lowest BCUT2D eigenvalue weighted by Crippen LogP contribution is -2.01. The summed E-state index contributed by atoms with van der Waals surface area (Å²) in [6.07, 6.45) is 0. The quantitative estimate of drug-likeness (QED) is 0.534. The van der Waals surface area contributed by atoms with Crippen molar-refractivity contribution < 1.29 is 18.9 Å². The SMILES string of the molecule is COc1cc2c(cc1OC)Oc1cc3ccccc3cc1O2. The lowest BCUT2D eigenvalue weighted by molar-refractivity contribution is 0.332. The third-order valence-electron chi connectivity index (χ3n) is 3.70. The minimum Gasteiger partial charge on any atom is -0.493 e. The van der Waals surface area contributed by atoms with E-state index in [9.17, 15) is 0 Å². The molecule has 1 aliphatic heterocycles. The number of methoxy groups -OCH3 is 2. The van der Waals surface area contributed by atoms with Crippen LogP contribution in [0.4, 0.5) is 0 Å². The summed E-state index contributed by atoms with van der Waals surface area (Å²) in [4.78, 5) is 0. The van der Waals surface area contributed by atoms with Crippen LogP contribution in [0.25, 0.3) is 10.8 Å². The van der Waals surface area contributed by atoms with Crippen LogP contribution in [-0.2, 0) is 0 Å². The summed E-state index contributed by atoms with van der Waals surface area (Å²) in [6.45, 7) is 0. The minimum absolute atomic E-state index is 0.606. The van der Waals surface area contributed by atoms with Crippen LogP contribution in [0, 0.1) is 0 Å². The molecule has 1 aliphatic rings. The Bertz CT molecular complexity index is 799. The van der Waals surface area contributed by atoms with Gasteiger partial charge in [-0.2, -0.15) is 0 Å². The molecule has 22 heavy (non-hydrogen) atoms. The van der Waals surface area contributed by atoms with E-state index in [1.54, 1.807) is 26.4 Å². The van der Waals surface area contributed by atoms with Crippen molar-refractivity contribution in [1.82, 2.24) is 0 Å². The predicted octanol–water partition coefficient (Wildman–Crippen LogP) is 4.76. The van der Waals surface area contributed by atoms with Crippen LogP contribution < -0.4 is 18.9 Å². The Hall–Kier alpha value is -2.88. The fourth-order valence-electron chi connectivity index (χ4n) is 2.60. The van der Waals surface area contributed by atoms with Crippen molar-refractivity contribution in [2.75, 3.05) is 14.2 Å². The second-order valence-electron chi connectivity index (χ2n) is 5.00. The van der Waals surface area contributed by atoms with E-state index in [-0.39, 0.29) is 0 Å². The van der Waals surface area contributed by atoms with E-state index in [2.05, 4.69) is 0 Å². The molecule has 0 aliphatic carbocycles. The first kappa shape index (κ1) is 12.8. The van der Waals surface area contributed by atoms with Gasteiger partial charge in [-0.15, -0.1) is 0 Å². The fourth-order valence-corrected chi connectivity index (χ4v) is 2.60. The monoisotopic (exact) mass is 294 g/mol. The molecule has 0 spiro atoms. The van der Waals surface area contributed by atoms with Crippen molar-refractivity contribution in [3.05, 3.63) is 48.5 Å². The lowest BCUT2D eigenvalue weighted by atomic mass is 10.1. The molecule has 4 rings (SSSR count). The van der Waals surface area contributed by atoms with E-state index in [0.29, 0.717) is 34.5 Å². The van der Waals surface area contributed by atoms with Gasteiger partial charge in [-0.1, -0.05) is 24.3 Å². The van der Waals surface area contributed by atoms with Crippen molar-refractivity contribution in [2.24, 2.45) is 0 Å². The van der Waals surface area contributed by atoms with Crippen LogP contribution in [-0.4, -0.2) is 14.2 Å². The van der Waals surface area contributed by atoms with Gasteiger partial charge in [0.05, 0.1) is 14.2 Å². The number of benzene rings is 3. The van der Waals surface area contributed by atoms with Gasteiger partial charge in [0.2, 0.25) is 0 Å². The lowest BCUT2D eigenvalue weighted by Gasteiger charge is -2.22. The van der Waals surface area contributed by atoms with Crippen molar-refractivity contribution in [3.8, 4) is 34.5 Å². The number of hydrogen-bond donors (Lipinski definition) is 0. The number of rotatable bonds is 2. The van der Waals surface area contributed by atoms with Crippen molar-refractivity contribution in [3.63, 3.8) is 0 Å². The zero-order valence-electron chi connectivity index (χ0n) is 12.3. The highest BCUT2D eigenvalue weighted by Crippen LogP contribution is 2.50. The fraction of sp³-hybridized carbons (Fsp3) is 0.111. The largest absolute Gasteiger partial charge is 0.493 e. The maximum Gasteiger partial charge on any atom is 0.174 e. The van der Waals surface area contributed by atoms with Crippen molar-refractivity contribution >= 4 is 10.8 Å². The normalized spacial score (nSPS) is 11.9. The molecular weight excluding hydrogens is 280 g/mol. The van der Waals surface area contributed by atoms with Gasteiger partial charge in [-0.3, -0.25) is 0 Å². The molecule has 3 aromatic carbocycles. The standard InChI is InChI=1S/C18H14O4/c1-19-13-9-17-18(10-14(13)20-2)22-16-8-12-6-4-3-5-11(12)7-15(16)21-17/h3-10H,1-2H3. The summed E-state index contributed by atoms with van der Waals surface area (Å²) >= 11 is 0. The van der Waals surface area contributed by atoms with Gasteiger partial charge in [-0.25, -0.2) is 0 Å². The first-order chi connectivity index (χ1) is 10.8. The summed E-state index contributed by atoms with van der Waals surface area (Å²) in [5.74, 6) is 3.82. The van der Waals surface area contributed by atoms with Gasteiger partial charge in [0.15, 0.2) is 34.5 Å². The van der Waals surface area contributed by atoms with Crippen LogP contribution in [0.15, 0.2) is 48.5 Å². The number of ether oxygens (including phenoxy) is 4. The highest BCUT2D eigenvalue weighted by molar-refractivity contribution is 5.86. The number of fused-ring (bicyclic) bond motifs is 3. The average Bonchev–Trinajstić information content (AvgIpc) is 2.56. The average molecular weight is 294 g/mol. The Kier molecular flexibility index (Phi) is 2.82. The van der Waals surface area contributed by atoms with E-state index in [4.69, 9.17) is 18.9 Å². The molecule has 0 aromatic heterocycles. The van der Waals surface area contributed by atoms with Crippen molar-refractivity contribution in [1.29, 1.82) is 0 Å². The van der Waals surface area contributed by atoms with Gasteiger partial charge >= 0.3 is 0 Å². The maximum absolute atomic E-state index is 5.97. The Morgan fingerprint density at radius 1 is 0.636 bits per heavy atom. The van der Waals surface area contributed by atoms with Crippen LogP contribution >= 0.6 is 0 Å². The Morgan fingerprint density at radius 3 is 1.45 bits per heavy atom. The molecule has 4 heteroatoms. The summed E-state index contributed by atoms with van der Waals surface area (Å²) in [6, 6.07) is 15.6. The molecule has 1 heterocycles. The third-order valence-corrected chi connectivity index (χ3v) is 3.70. The molecule has 0 saturated heterocycles. The third kappa shape index (κ3) is 1.92. The first-order valence-electron chi connectivity index (χ1n) is 6.93. The second-order valence-corrected chi connectivity index (χ2v) is 5.00. The Morgan fingerprint density at radius 2 is 1.05 bits per heavy atom. The first-order valence-corrected chi connectivity index (χ1v) is 6.93. The van der Waals surface area contributed by atoms with Crippen LogP contribution in [0.1, 0.15) is 0 Å². The van der Waals surface area contributed by atoms with E-state index >= 15 is 0 Å². The molecule has 0 fully saturated rings. The highest BCUT2D eigenvalue weighted by Gasteiger charge is 2.22. The second kappa shape index (κ2) is 4.84. The molecule has 0 atom stereocenters. The molecular formula is C18H14O4. The smallest absolute Gasteiger partial charge is 0.174 e. The summed E-state index contributed by atoms with van der Waals surface area (Å²) < 4.78 is 22.5. The molecule has 110 valence electrons. The topological polar surface area (TPSA) is 36.9 Å². The van der Waals surface area contributed by atoms with Crippen LogP contribution in [0.2, 0.25) is 0 Å². The maximum atomic E-state index is 5.97. The molecule has 0 saturated carbocycles. The summed E-state index contributed by atoms with van der Waals surface area (Å²) in [7, 11) is 3.19. The van der Waals surface area contributed by atoms with Crippen molar-refractivity contribution in [2.45, 2.75) is 0 Å². The van der Waals surface area contributed by atoms with Gasteiger partial charge in [0.1, 0.15) is 0 Å². The van der Waals surface area contributed by atoms with E-state index in [0.717, 1.165) is 10.8 Å². The molecule has 0 unspecified atom stereocenters. The molecule has 0 amide bonds. The highest BCUT2D eigenvalue weighted by atomic mass is 16.6. The Balaban J connectivity index is 1.84. The van der Waals surface area contributed by atoms with E-state index in [1.165, 1.54) is 0 Å². The zero-order chi connectivity index (χ0) is 15.1. The summed E-state index contributed by atoms with van der Waals surface area (Å²) in [5.41, 5.74) is 0. The predicted molar refractivity (Wildman–Crippen MR) is 83.6 cm³/mol. The van der Waals surface area contributed by atoms with Gasteiger partial charge < -0.3 is 18.9 Å². The molecule has 0 radical (unpaired) electrons. The molecule has 0 bridgehead atoms. The van der Waals surface area contributed by atoms with Gasteiger partial charge in [-0.05, 0) is 22.9 Å². The summed E-state index contributed by atoms with van der Waals surface area (Å²) in [5, 5.41) is 2.21. The van der Waals surface area contributed by atoms with Crippen LogP contribution in [0.3, 0.4) is 0 Å². The van der Waals surface area contributed by atoms with Crippen LogP contribution in [0.5, 0.6) is 34.5 Å². The molecule has 3 aromatic rings.